The second-order valence-corrected chi connectivity index (χ2v) is 5.81. The molecule has 0 spiro atoms. The summed E-state index contributed by atoms with van der Waals surface area (Å²) in [5.74, 6) is -1.58. The fourth-order valence-corrected chi connectivity index (χ4v) is 2.95. The molecular formula is C12H13F2N3O2S. The Morgan fingerprint density at radius 1 is 1.35 bits per heavy atom. The second-order valence-electron chi connectivity index (χ2n) is 4.16. The summed E-state index contributed by atoms with van der Waals surface area (Å²) < 4.78 is 54.3. The van der Waals surface area contributed by atoms with Gasteiger partial charge in [-0.05, 0) is 26.0 Å². The molecule has 0 bridgehead atoms. The predicted octanol–water partition coefficient (Wildman–Crippen LogP) is 2.29. The maximum Gasteiger partial charge on any atom is 0.265 e. The van der Waals surface area contributed by atoms with E-state index < -0.39 is 27.3 Å². The molecule has 108 valence electrons. The zero-order valence-electron chi connectivity index (χ0n) is 10.9. The van der Waals surface area contributed by atoms with Gasteiger partial charge in [-0.2, -0.15) is 5.10 Å². The van der Waals surface area contributed by atoms with Gasteiger partial charge < -0.3 is 0 Å². The third-order valence-corrected chi connectivity index (χ3v) is 4.16. The van der Waals surface area contributed by atoms with Crippen molar-refractivity contribution in [3.05, 3.63) is 41.7 Å². The number of anilines is 1. The van der Waals surface area contributed by atoms with Gasteiger partial charge in [0.2, 0.25) is 0 Å². The van der Waals surface area contributed by atoms with Crippen LogP contribution in [-0.2, 0) is 16.6 Å². The van der Waals surface area contributed by atoms with Gasteiger partial charge in [-0.15, -0.1) is 0 Å². The van der Waals surface area contributed by atoms with E-state index in [0.717, 1.165) is 18.2 Å². The summed E-state index contributed by atoms with van der Waals surface area (Å²) in [5.41, 5.74) is -0.148. The minimum atomic E-state index is -4.01. The zero-order valence-corrected chi connectivity index (χ0v) is 11.7. The normalized spacial score (nSPS) is 11.6. The van der Waals surface area contributed by atoms with E-state index in [1.807, 2.05) is 11.6 Å². The largest absolute Gasteiger partial charge is 0.276 e. The van der Waals surface area contributed by atoms with Crippen molar-refractivity contribution in [3.63, 3.8) is 0 Å². The lowest BCUT2D eigenvalue weighted by Gasteiger charge is -2.08. The summed E-state index contributed by atoms with van der Waals surface area (Å²) in [6, 6.07) is 2.55. The summed E-state index contributed by atoms with van der Waals surface area (Å²) in [5, 5.41) is 4.01. The van der Waals surface area contributed by atoms with E-state index in [-0.39, 0.29) is 10.6 Å². The lowest BCUT2D eigenvalue weighted by atomic mass is 10.3. The van der Waals surface area contributed by atoms with Gasteiger partial charge in [0.1, 0.15) is 16.5 Å². The van der Waals surface area contributed by atoms with Crippen molar-refractivity contribution in [2.24, 2.45) is 0 Å². The number of aryl methyl sites for hydroxylation is 2. The molecule has 1 N–H and O–H groups in total. The number of hydrogen-bond acceptors (Lipinski definition) is 3. The van der Waals surface area contributed by atoms with Crippen LogP contribution in [0.2, 0.25) is 0 Å². The second kappa shape index (κ2) is 5.20. The predicted molar refractivity (Wildman–Crippen MR) is 69.8 cm³/mol. The summed E-state index contributed by atoms with van der Waals surface area (Å²) in [6.07, 6.45) is 1.34. The van der Waals surface area contributed by atoms with E-state index in [4.69, 9.17) is 0 Å². The molecule has 8 heteroatoms. The van der Waals surface area contributed by atoms with Crippen molar-refractivity contribution in [2.45, 2.75) is 25.3 Å². The molecule has 5 nitrogen and oxygen atoms in total. The van der Waals surface area contributed by atoms with Gasteiger partial charge in [-0.25, -0.2) is 17.2 Å². The number of hydrogen-bond donors (Lipinski definition) is 1. The molecule has 20 heavy (non-hydrogen) atoms. The number of benzene rings is 1. The molecule has 0 radical (unpaired) electrons. The molecule has 0 aliphatic heterocycles. The number of sulfonamides is 1. The summed E-state index contributed by atoms with van der Waals surface area (Å²) in [4.78, 5) is -0.0667. The maximum absolute atomic E-state index is 13.5. The van der Waals surface area contributed by atoms with Crippen LogP contribution >= 0.6 is 0 Å². The Labute approximate surface area is 115 Å². The smallest absolute Gasteiger partial charge is 0.265 e. The van der Waals surface area contributed by atoms with Crippen molar-refractivity contribution >= 4 is 15.7 Å². The lowest BCUT2D eigenvalue weighted by molar-refractivity contribution is 0.594. The van der Waals surface area contributed by atoms with Crippen molar-refractivity contribution in [3.8, 4) is 0 Å². The van der Waals surface area contributed by atoms with E-state index in [0.29, 0.717) is 6.54 Å². The van der Waals surface area contributed by atoms with Crippen LogP contribution < -0.4 is 4.72 Å². The van der Waals surface area contributed by atoms with Gasteiger partial charge in [-0.3, -0.25) is 9.40 Å². The summed E-state index contributed by atoms with van der Waals surface area (Å²) in [7, 11) is -4.01. The highest BCUT2D eigenvalue weighted by atomic mass is 32.2. The molecule has 2 rings (SSSR count). The summed E-state index contributed by atoms with van der Waals surface area (Å²) in [6.45, 7) is 3.84. The number of nitrogens with one attached hydrogen (secondary N) is 1. The van der Waals surface area contributed by atoms with E-state index >= 15 is 0 Å². The first-order chi connectivity index (χ1) is 9.33. The van der Waals surface area contributed by atoms with E-state index in [1.165, 1.54) is 17.8 Å². The van der Waals surface area contributed by atoms with Crippen LogP contribution in [0.4, 0.5) is 14.5 Å². The molecule has 0 atom stereocenters. The van der Waals surface area contributed by atoms with Crippen molar-refractivity contribution < 1.29 is 17.2 Å². The van der Waals surface area contributed by atoms with E-state index in [9.17, 15) is 17.2 Å². The first-order valence-corrected chi connectivity index (χ1v) is 7.33. The third kappa shape index (κ3) is 2.79. The average molecular weight is 301 g/mol. The Bertz CT molecular complexity index is 741. The van der Waals surface area contributed by atoms with Gasteiger partial charge in [0.15, 0.2) is 0 Å². The molecule has 0 aliphatic carbocycles. The minimum Gasteiger partial charge on any atom is -0.276 e. The Kier molecular flexibility index (Phi) is 3.76. The Hall–Kier alpha value is -1.96. The SMILES string of the molecule is CCn1cc(S(=O)(=O)Nc2cc(F)ccc2F)c(C)n1. The molecule has 0 saturated heterocycles. The van der Waals surface area contributed by atoms with Crippen LogP contribution in [0.15, 0.2) is 29.3 Å². The van der Waals surface area contributed by atoms with Gasteiger partial charge in [0.25, 0.3) is 10.0 Å². The standard InChI is InChI=1S/C12H13F2N3O2S/c1-3-17-7-12(8(2)15-17)20(18,19)16-11-6-9(13)4-5-10(11)14/h4-7,16H,3H2,1-2H3. The fourth-order valence-electron chi connectivity index (χ4n) is 1.70. The van der Waals surface area contributed by atoms with Gasteiger partial charge in [0, 0.05) is 18.8 Å². The molecule has 1 aromatic carbocycles. The van der Waals surface area contributed by atoms with Gasteiger partial charge in [-0.1, -0.05) is 0 Å². The Morgan fingerprint density at radius 3 is 2.65 bits per heavy atom. The first-order valence-electron chi connectivity index (χ1n) is 5.85. The molecule has 0 unspecified atom stereocenters. The van der Waals surface area contributed by atoms with Crippen LogP contribution in [0, 0.1) is 18.6 Å². The topological polar surface area (TPSA) is 64.0 Å². The van der Waals surface area contributed by atoms with Crippen molar-refractivity contribution in [1.82, 2.24) is 9.78 Å². The molecule has 0 aliphatic rings. The monoisotopic (exact) mass is 301 g/mol. The molecule has 0 saturated carbocycles. The molecule has 2 aromatic rings. The number of halogens is 2. The molecule has 0 fully saturated rings. The highest BCUT2D eigenvalue weighted by molar-refractivity contribution is 7.92. The summed E-state index contributed by atoms with van der Waals surface area (Å²) >= 11 is 0. The highest BCUT2D eigenvalue weighted by Crippen LogP contribution is 2.21. The highest BCUT2D eigenvalue weighted by Gasteiger charge is 2.21. The van der Waals surface area contributed by atoms with E-state index in [2.05, 4.69) is 5.10 Å². The first kappa shape index (κ1) is 14.4. The molecule has 0 amide bonds. The fraction of sp³-hybridized carbons (Fsp3) is 0.250. The molecular weight excluding hydrogens is 288 g/mol. The van der Waals surface area contributed by atoms with Crippen LogP contribution in [0.3, 0.4) is 0 Å². The Balaban J connectivity index is 2.40. The van der Waals surface area contributed by atoms with Crippen LogP contribution in [-0.4, -0.2) is 18.2 Å². The zero-order chi connectivity index (χ0) is 14.9. The van der Waals surface area contributed by atoms with Crippen LogP contribution in [0.25, 0.3) is 0 Å². The Morgan fingerprint density at radius 2 is 2.05 bits per heavy atom. The van der Waals surface area contributed by atoms with Gasteiger partial charge in [0.05, 0.1) is 11.4 Å². The van der Waals surface area contributed by atoms with Gasteiger partial charge >= 0.3 is 0 Å². The molecule has 1 heterocycles. The van der Waals surface area contributed by atoms with Crippen molar-refractivity contribution in [1.29, 1.82) is 0 Å². The number of rotatable bonds is 4. The average Bonchev–Trinajstić information content (AvgIpc) is 2.76. The van der Waals surface area contributed by atoms with Crippen LogP contribution in [0.1, 0.15) is 12.6 Å². The lowest BCUT2D eigenvalue weighted by Crippen LogP contribution is -2.14. The maximum atomic E-state index is 13.5. The number of aromatic nitrogens is 2. The van der Waals surface area contributed by atoms with Crippen molar-refractivity contribution in [2.75, 3.05) is 4.72 Å². The van der Waals surface area contributed by atoms with Crippen LogP contribution in [0.5, 0.6) is 0 Å². The molecule has 1 aromatic heterocycles. The minimum absolute atomic E-state index is 0.0667. The third-order valence-electron chi connectivity index (χ3n) is 2.69. The quantitative estimate of drug-likeness (QED) is 0.942. The van der Waals surface area contributed by atoms with E-state index in [1.54, 1.807) is 0 Å². The number of nitrogens with zero attached hydrogens (tertiary/aromatic N) is 2.